The van der Waals surface area contributed by atoms with Gasteiger partial charge in [0.1, 0.15) is 17.3 Å². The maximum atomic E-state index is 13.4. The molecule has 2 N–H and O–H groups in total. The molecule has 0 saturated heterocycles. The topological polar surface area (TPSA) is 95.1 Å². The van der Waals surface area contributed by atoms with Crippen LogP contribution in [0.1, 0.15) is 19.3 Å². The molecule has 0 spiro atoms. The van der Waals surface area contributed by atoms with E-state index in [9.17, 15) is 22.8 Å². The van der Waals surface area contributed by atoms with E-state index in [0.717, 1.165) is 6.07 Å². The highest BCUT2D eigenvalue weighted by atomic mass is 35.5. The number of hydrogen-bond acceptors (Lipinski definition) is 6. The van der Waals surface area contributed by atoms with Gasteiger partial charge in [-0.1, -0.05) is 11.6 Å². The van der Waals surface area contributed by atoms with Gasteiger partial charge in [-0.2, -0.15) is 0 Å². The first-order valence-corrected chi connectivity index (χ1v) is 10.6. The summed E-state index contributed by atoms with van der Waals surface area (Å²) >= 11 is 5.61. The lowest BCUT2D eigenvalue weighted by Gasteiger charge is -2.70. The Morgan fingerprint density at radius 1 is 0.882 bits per heavy atom. The van der Waals surface area contributed by atoms with Crippen molar-refractivity contribution in [1.82, 2.24) is 10.6 Å². The zero-order valence-corrected chi connectivity index (χ0v) is 18.2. The Balaban J connectivity index is 1.03. The van der Waals surface area contributed by atoms with Crippen molar-refractivity contribution in [3.63, 3.8) is 0 Å². The fraction of sp³-hybridized carbons (Fsp3) is 0.364. The predicted molar refractivity (Wildman–Crippen MR) is 111 cm³/mol. The first-order chi connectivity index (χ1) is 16.0. The van der Waals surface area contributed by atoms with Crippen molar-refractivity contribution in [2.75, 3.05) is 13.2 Å². The van der Waals surface area contributed by atoms with Crippen LogP contribution in [0.5, 0.6) is 23.0 Å². The zero-order valence-electron chi connectivity index (χ0n) is 17.5. The summed E-state index contributed by atoms with van der Waals surface area (Å²) in [5.74, 6) is -1.30. The Kier molecular flexibility index (Phi) is 5.19. The van der Waals surface area contributed by atoms with Crippen LogP contribution in [0.2, 0.25) is 5.02 Å². The number of hydrogen-bond donors (Lipinski definition) is 2. The highest BCUT2D eigenvalue weighted by Gasteiger charge is 2.69. The molecular weight excluding hydrogens is 481 g/mol. The van der Waals surface area contributed by atoms with Gasteiger partial charge in [0.25, 0.3) is 11.8 Å². The Labute approximate surface area is 196 Å². The molecule has 4 aliphatic rings. The fourth-order valence-corrected chi connectivity index (χ4v) is 4.72. The number of ether oxygens (including phenoxy) is 4. The maximum absolute atomic E-state index is 13.4. The molecule has 3 saturated carbocycles. The molecule has 2 aromatic carbocycles. The van der Waals surface area contributed by atoms with Crippen molar-refractivity contribution in [1.29, 1.82) is 0 Å². The summed E-state index contributed by atoms with van der Waals surface area (Å²) < 4.78 is 58.9. The van der Waals surface area contributed by atoms with Gasteiger partial charge >= 0.3 is 6.29 Å². The van der Waals surface area contributed by atoms with Gasteiger partial charge in [0.05, 0.1) is 5.02 Å². The lowest BCUT2D eigenvalue weighted by Crippen LogP contribution is -2.84. The van der Waals surface area contributed by atoms with E-state index in [1.807, 2.05) is 0 Å². The molecular formula is C22H18ClF3N2O6. The number of carbonyl (C=O) groups excluding carboxylic acids is 2. The molecule has 1 aliphatic heterocycles. The Hall–Kier alpha value is -3.34. The summed E-state index contributed by atoms with van der Waals surface area (Å²) in [6.45, 7) is -0.597. The standard InChI is InChI=1S/C22H18ClF3N2O6/c23-14-3-1-12(5-15(14)24)31-7-18(29)27-20-9-21(10-20,11-20)28-19(30)8-32-13-2-4-16-17(6-13)34-22(25,26)33-16/h1-6H,7-11H2,(H,27,29)(H,28,30). The molecule has 0 aromatic heterocycles. The average Bonchev–Trinajstić information content (AvgIpc) is 3.03. The van der Waals surface area contributed by atoms with E-state index in [1.165, 1.54) is 30.3 Å². The third kappa shape index (κ3) is 4.39. The highest BCUT2D eigenvalue weighted by molar-refractivity contribution is 6.30. The number of fused-ring (bicyclic) bond motifs is 1. The van der Waals surface area contributed by atoms with Crippen molar-refractivity contribution >= 4 is 23.4 Å². The summed E-state index contributed by atoms with van der Waals surface area (Å²) in [6, 6.07) is 7.78. The number of benzene rings is 2. The van der Waals surface area contributed by atoms with Gasteiger partial charge in [-0.3, -0.25) is 9.59 Å². The highest BCUT2D eigenvalue weighted by Crippen LogP contribution is 2.60. The van der Waals surface area contributed by atoms with Crippen LogP contribution in [0.3, 0.4) is 0 Å². The summed E-state index contributed by atoms with van der Waals surface area (Å²) in [4.78, 5) is 24.4. The van der Waals surface area contributed by atoms with Gasteiger partial charge in [-0.15, -0.1) is 8.78 Å². The van der Waals surface area contributed by atoms with Crippen LogP contribution < -0.4 is 29.6 Å². The van der Waals surface area contributed by atoms with Crippen LogP contribution in [0.4, 0.5) is 13.2 Å². The van der Waals surface area contributed by atoms with Gasteiger partial charge in [0, 0.05) is 23.2 Å². The van der Waals surface area contributed by atoms with Crippen molar-refractivity contribution < 1.29 is 41.7 Å². The quantitative estimate of drug-likeness (QED) is 0.580. The summed E-state index contributed by atoms with van der Waals surface area (Å²) in [6.07, 6.45) is -2.04. The molecule has 3 aliphatic carbocycles. The summed E-state index contributed by atoms with van der Waals surface area (Å²) in [5.41, 5.74) is -0.812. The molecule has 34 heavy (non-hydrogen) atoms. The minimum atomic E-state index is -3.73. The first kappa shape index (κ1) is 22.5. The van der Waals surface area contributed by atoms with E-state index < -0.39 is 23.2 Å². The van der Waals surface area contributed by atoms with E-state index in [1.54, 1.807) is 0 Å². The van der Waals surface area contributed by atoms with Gasteiger partial charge < -0.3 is 29.6 Å². The van der Waals surface area contributed by atoms with Gasteiger partial charge in [0.2, 0.25) is 0 Å². The molecule has 0 unspecified atom stereocenters. The molecule has 2 amide bonds. The SMILES string of the molecule is O=C(COc1ccc(Cl)c(F)c1)NC12CC(NC(=O)COc3ccc4c(c3)OC(F)(F)O4)(C1)C2. The zero-order chi connectivity index (χ0) is 24.1. The van der Waals surface area contributed by atoms with E-state index in [2.05, 4.69) is 20.1 Å². The number of carbonyl (C=O) groups is 2. The van der Waals surface area contributed by atoms with Crippen LogP contribution in [-0.2, 0) is 9.59 Å². The second kappa shape index (κ2) is 7.86. The van der Waals surface area contributed by atoms with Crippen molar-refractivity contribution in [3.8, 4) is 23.0 Å². The molecule has 2 bridgehead atoms. The Bertz CT molecular complexity index is 1160. The average molecular weight is 499 g/mol. The van der Waals surface area contributed by atoms with Gasteiger partial charge in [0.15, 0.2) is 24.7 Å². The van der Waals surface area contributed by atoms with Crippen LogP contribution >= 0.6 is 11.6 Å². The largest absolute Gasteiger partial charge is 0.586 e. The maximum Gasteiger partial charge on any atom is 0.586 e. The molecule has 12 heteroatoms. The lowest BCUT2D eigenvalue weighted by molar-refractivity contribution is -0.286. The van der Waals surface area contributed by atoms with Crippen molar-refractivity contribution in [3.05, 3.63) is 47.2 Å². The van der Waals surface area contributed by atoms with Crippen molar-refractivity contribution in [2.24, 2.45) is 0 Å². The third-order valence-corrected chi connectivity index (χ3v) is 6.15. The Morgan fingerprint density at radius 2 is 1.41 bits per heavy atom. The van der Waals surface area contributed by atoms with E-state index >= 15 is 0 Å². The molecule has 180 valence electrons. The van der Waals surface area contributed by atoms with Crippen molar-refractivity contribution in [2.45, 2.75) is 36.6 Å². The van der Waals surface area contributed by atoms with Crippen LogP contribution in [0.15, 0.2) is 36.4 Å². The minimum absolute atomic E-state index is 0.0380. The number of amides is 2. The molecule has 6 rings (SSSR count). The number of halogens is 4. The summed E-state index contributed by atoms with van der Waals surface area (Å²) in [7, 11) is 0. The normalized spacial score (nSPS) is 24.9. The molecule has 0 radical (unpaired) electrons. The predicted octanol–water partition coefficient (Wildman–Crippen LogP) is 3.17. The molecule has 2 aromatic rings. The minimum Gasteiger partial charge on any atom is -0.484 e. The lowest BCUT2D eigenvalue weighted by atomic mass is 9.44. The first-order valence-electron chi connectivity index (χ1n) is 10.3. The van der Waals surface area contributed by atoms with E-state index in [4.69, 9.17) is 21.1 Å². The second-order valence-corrected chi connectivity index (χ2v) is 9.02. The monoisotopic (exact) mass is 498 g/mol. The number of alkyl halides is 2. The third-order valence-electron chi connectivity index (χ3n) is 5.84. The number of rotatable bonds is 8. The molecule has 8 nitrogen and oxygen atoms in total. The molecule has 3 fully saturated rings. The van der Waals surface area contributed by atoms with E-state index in [0.29, 0.717) is 19.3 Å². The van der Waals surface area contributed by atoms with Crippen LogP contribution in [0, 0.1) is 5.82 Å². The molecule has 1 heterocycles. The summed E-state index contributed by atoms with van der Waals surface area (Å²) in [5, 5.41) is 5.74. The van der Waals surface area contributed by atoms with Gasteiger partial charge in [-0.25, -0.2) is 4.39 Å². The Morgan fingerprint density at radius 3 is 2.00 bits per heavy atom. The second-order valence-electron chi connectivity index (χ2n) is 8.62. The molecule has 0 atom stereocenters. The fourth-order valence-electron chi connectivity index (χ4n) is 4.60. The van der Waals surface area contributed by atoms with E-state index in [-0.39, 0.29) is 53.0 Å². The smallest absolute Gasteiger partial charge is 0.484 e. The number of nitrogens with one attached hydrogen (secondary N) is 2. The van der Waals surface area contributed by atoms with Crippen LogP contribution in [0.25, 0.3) is 0 Å². The van der Waals surface area contributed by atoms with Crippen LogP contribution in [-0.4, -0.2) is 42.4 Å². The van der Waals surface area contributed by atoms with Gasteiger partial charge in [-0.05, 0) is 43.5 Å².